The number of ether oxygens (including phenoxy) is 3. The van der Waals surface area contributed by atoms with Crippen molar-refractivity contribution in [2.45, 2.75) is 39.7 Å². The largest absolute Gasteiger partial charge is 0.490 e. The third-order valence-corrected chi connectivity index (χ3v) is 4.67. The lowest BCUT2D eigenvalue weighted by atomic mass is 10.0. The zero-order valence-electron chi connectivity index (χ0n) is 16.8. The fraction of sp³-hybridized carbons (Fsp3) is 0.550. The molecule has 0 N–H and O–H groups in total. The Hall–Kier alpha value is -2.77. The first-order valence-corrected chi connectivity index (χ1v) is 9.89. The predicted molar refractivity (Wildman–Crippen MR) is 104 cm³/mol. The summed E-state index contributed by atoms with van der Waals surface area (Å²) in [6, 6.07) is 3.73. The summed E-state index contributed by atoms with van der Waals surface area (Å²) >= 11 is 0. The number of carbonyl (C=O) groups is 1. The van der Waals surface area contributed by atoms with Crippen LogP contribution in [-0.4, -0.2) is 58.7 Å². The predicted octanol–water partition coefficient (Wildman–Crippen LogP) is 2.95. The topological polar surface area (TPSA) is 78.7 Å². The number of hydrogen-bond donors (Lipinski definition) is 0. The van der Waals surface area contributed by atoms with E-state index in [1.807, 2.05) is 25.7 Å². The van der Waals surface area contributed by atoms with E-state index in [1.54, 1.807) is 29.3 Å². The molecule has 2 heterocycles. The minimum Gasteiger partial charge on any atom is -0.490 e. The van der Waals surface area contributed by atoms with Crippen molar-refractivity contribution < 1.29 is 19.0 Å². The summed E-state index contributed by atoms with van der Waals surface area (Å²) in [7, 11) is 0. The monoisotopic (exact) mass is 388 g/mol. The lowest BCUT2D eigenvalue weighted by Gasteiger charge is -2.31. The van der Waals surface area contributed by atoms with Gasteiger partial charge in [-0.25, -0.2) is 0 Å². The maximum absolute atomic E-state index is 13.1. The van der Waals surface area contributed by atoms with Crippen molar-refractivity contribution in [2.75, 3.05) is 32.9 Å². The molecule has 8 heteroatoms. The molecule has 3 rings (SSSR count). The van der Waals surface area contributed by atoms with Crippen LogP contribution in [0.2, 0.25) is 0 Å². The Kier molecular flexibility index (Phi) is 6.73. The van der Waals surface area contributed by atoms with E-state index in [1.165, 1.54) is 0 Å². The first-order chi connectivity index (χ1) is 13.7. The SMILES string of the molecule is CCOc1cc(C(=O)N2CCC(n3nccn3)CC2)cc(OCC)c1OCC. The minimum atomic E-state index is -0.0307. The fourth-order valence-corrected chi connectivity index (χ4v) is 3.41. The van der Waals surface area contributed by atoms with E-state index in [-0.39, 0.29) is 11.9 Å². The molecule has 1 amide bonds. The Balaban J connectivity index is 1.79. The molecule has 0 radical (unpaired) electrons. The van der Waals surface area contributed by atoms with E-state index < -0.39 is 0 Å². The zero-order chi connectivity index (χ0) is 19.9. The van der Waals surface area contributed by atoms with Gasteiger partial charge in [-0.2, -0.15) is 15.0 Å². The number of aromatic nitrogens is 3. The average molecular weight is 388 g/mol. The van der Waals surface area contributed by atoms with Gasteiger partial charge in [0.1, 0.15) is 0 Å². The van der Waals surface area contributed by atoms with Crippen molar-refractivity contribution in [2.24, 2.45) is 0 Å². The number of nitrogens with zero attached hydrogens (tertiary/aromatic N) is 4. The van der Waals surface area contributed by atoms with E-state index >= 15 is 0 Å². The summed E-state index contributed by atoms with van der Waals surface area (Å²) in [6.45, 7) is 8.47. The van der Waals surface area contributed by atoms with Crippen LogP contribution in [0.15, 0.2) is 24.5 Å². The van der Waals surface area contributed by atoms with E-state index in [4.69, 9.17) is 14.2 Å². The van der Waals surface area contributed by atoms with Crippen LogP contribution in [0.25, 0.3) is 0 Å². The highest BCUT2D eigenvalue weighted by Gasteiger charge is 2.27. The lowest BCUT2D eigenvalue weighted by Crippen LogP contribution is -2.39. The molecule has 1 fully saturated rings. The highest BCUT2D eigenvalue weighted by atomic mass is 16.5. The molecule has 2 aromatic rings. The van der Waals surface area contributed by atoms with Crippen LogP contribution in [0.5, 0.6) is 17.2 Å². The van der Waals surface area contributed by atoms with E-state index in [0.29, 0.717) is 55.7 Å². The van der Waals surface area contributed by atoms with Crippen LogP contribution in [0, 0.1) is 0 Å². The van der Waals surface area contributed by atoms with Crippen molar-refractivity contribution in [3.05, 3.63) is 30.1 Å². The number of likely N-dealkylation sites (tertiary alicyclic amines) is 1. The molecule has 1 aliphatic heterocycles. The number of carbonyl (C=O) groups excluding carboxylic acids is 1. The molecule has 0 unspecified atom stereocenters. The zero-order valence-corrected chi connectivity index (χ0v) is 16.8. The molecule has 28 heavy (non-hydrogen) atoms. The summed E-state index contributed by atoms with van der Waals surface area (Å²) < 4.78 is 17.2. The third kappa shape index (κ3) is 4.37. The number of amides is 1. The van der Waals surface area contributed by atoms with Gasteiger partial charge in [0.2, 0.25) is 5.75 Å². The maximum Gasteiger partial charge on any atom is 0.254 e. The van der Waals surface area contributed by atoms with Gasteiger partial charge in [-0.05, 0) is 45.7 Å². The van der Waals surface area contributed by atoms with E-state index in [2.05, 4.69) is 10.2 Å². The normalized spacial score (nSPS) is 14.8. The molecule has 1 aromatic carbocycles. The van der Waals surface area contributed by atoms with Gasteiger partial charge in [0, 0.05) is 18.7 Å². The molecule has 0 aliphatic carbocycles. The van der Waals surface area contributed by atoms with Crippen molar-refractivity contribution in [3.8, 4) is 17.2 Å². The van der Waals surface area contributed by atoms with Crippen molar-refractivity contribution in [1.82, 2.24) is 19.9 Å². The van der Waals surface area contributed by atoms with Crippen LogP contribution in [-0.2, 0) is 0 Å². The molecule has 152 valence electrons. The highest BCUT2D eigenvalue weighted by molar-refractivity contribution is 5.95. The van der Waals surface area contributed by atoms with Crippen LogP contribution in [0.1, 0.15) is 50.0 Å². The number of rotatable bonds is 8. The van der Waals surface area contributed by atoms with Gasteiger partial charge in [-0.1, -0.05) is 0 Å². The van der Waals surface area contributed by atoms with Gasteiger partial charge in [-0.3, -0.25) is 4.79 Å². The molecule has 1 saturated heterocycles. The van der Waals surface area contributed by atoms with Gasteiger partial charge < -0.3 is 19.1 Å². The van der Waals surface area contributed by atoms with Crippen LogP contribution in [0.4, 0.5) is 0 Å². The molecule has 0 saturated carbocycles. The summed E-state index contributed by atoms with van der Waals surface area (Å²) in [5.41, 5.74) is 0.547. The van der Waals surface area contributed by atoms with Crippen molar-refractivity contribution in [3.63, 3.8) is 0 Å². The Labute approximate surface area is 165 Å². The molecular weight excluding hydrogens is 360 g/mol. The van der Waals surface area contributed by atoms with Crippen molar-refractivity contribution in [1.29, 1.82) is 0 Å². The smallest absolute Gasteiger partial charge is 0.254 e. The summed E-state index contributed by atoms with van der Waals surface area (Å²) in [5.74, 6) is 1.59. The fourth-order valence-electron chi connectivity index (χ4n) is 3.41. The van der Waals surface area contributed by atoms with Gasteiger partial charge in [-0.15, -0.1) is 0 Å². The molecule has 0 atom stereocenters. The lowest BCUT2D eigenvalue weighted by molar-refractivity contribution is 0.0682. The quantitative estimate of drug-likeness (QED) is 0.692. The highest BCUT2D eigenvalue weighted by Crippen LogP contribution is 2.39. The summed E-state index contributed by atoms with van der Waals surface area (Å²) in [4.78, 5) is 16.7. The number of piperidine rings is 1. The van der Waals surface area contributed by atoms with Crippen LogP contribution < -0.4 is 14.2 Å². The molecule has 8 nitrogen and oxygen atoms in total. The second kappa shape index (κ2) is 9.43. The Morgan fingerprint density at radius 3 is 2.00 bits per heavy atom. The van der Waals surface area contributed by atoms with E-state index in [0.717, 1.165) is 12.8 Å². The van der Waals surface area contributed by atoms with Gasteiger partial charge in [0.15, 0.2) is 11.5 Å². The molecule has 1 aromatic heterocycles. The number of hydrogen-bond acceptors (Lipinski definition) is 6. The molecule has 1 aliphatic rings. The summed E-state index contributed by atoms with van der Waals surface area (Å²) in [5, 5.41) is 8.43. The first-order valence-electron chi connectivity index (χ1n) is 9.89. The van der Waals surface area contributed by atoms with Gasteiger partial charge >= 0.3 is 0 Å². The Morgan fingerprint density at radius 1 is 0.964 bits per heavy atom. The Bertz CT molecular complexity index is 744. The molecule has 0 bridgehead atoms. The van der Waals surface area contributed by atoms with Crippen molar-refractivity contribution >= 4 is 5.91 Å². The standard InChI is InChI=1S/C20H28N4O4/c1-4-26-17-13-15(14-18(27-5-2)19(17)28-6-3)20(25)23-11-7-16(8-12-23)24-21-9-10-22-24/h9-10,13-14,16H,4-8,11-12H2,1-3H3. The average Bonchev–Trinajstić information content (AvgIpc) is 3.25. The van der Waals surface area contributed by atoms with E-state index in [9.17, 15) is 4.79 Å². The van der Waals surface area contributed by atoms with Crippen LogP contribution >= 0.6 is 0 Å². The first kappa shape index (κ1) is 20.0. The van der Waals surface area contributed by atoms with Gasteiger partial charge in [0.05, 0.1) is 38.3 Å². The molecular formula is C20H28N4O4. The Morgan fingerprint density at radius 2 is 1.50 bits per heavy atom. The van der Waals surface area contributed by atoms with Gasteiger partial charge in [0.25, 0.3) is 5.91 Å². The second-order valence-corrected chi connectivity index (χ2v) is 6.47. The maximum atomic E-state index is 13.1. The summed E-state index contributed by atoms with van der Waals surface area (Å²) in [6.07, 6.45) is 5.02. The number of benzene rings is 1. The van der Waals surface area contributed by atoms with Crippen LogP contribution in [0.3, 0.4) is 0 Å². The minimum absolute atomic E-state index is 0.0307. The third-order valence-electron chi connectivity index (χ3n) is 4.67. The molecule has 0 spiro atoms. The second-order valence-electron chi connectivity index (χ2n) is 6.47.